The molecule has 0 unspecified atom stereocenters. The normalized spacial score (nSPS) is 10.7. The highest BCUT2D eigenvalue weighted by Crippen LogP contribution is 2.25. The van der Waals surface area contributed by atoms with Crippen LogP contribution in [0.1, 0.15) is 5.56 Å². The molecule has 0 bridgehead atoms. The van der Waals surface area contributed by atoms with Crippen molar-refractivity contribution in [1.82, 2.24) is 14.8 Å². The average molecular weight is 328 g/mol. The lowest BCUT2D eigenvalue weighted by atomic mass is 10.1. The highest BCUT2D eigenvalue weighted by molar-refractivity contribution is 9.08. The third kappa shape index (κ3) is 2.39. The topological polar surface area (TPSA) is 30.7 Å². The Kier molecular flexibility index (Phi) is 3.65. The Balaban J connectivity index is 2.10. The number of benzene rings is 2. The molecule has 0 radical (unpaired) electrons. The molecule has 0 fully saturated rings. The number of nitrogens with zero attached hydrogens (tertiary/aromatic N) is 3. The van der Waals surface area contributed by atoms with E-state index in [0.717, 1.165) is 28.1 Å². The molecule has 3 nitrogen and oxygen atoms in total. The van der Waals surface area contributed by atoms with E-state index >= 15 is 0 Å². The van der Waals surface area contributed by atoms with E-state index in [2.05, 4.69) is 38.1 Å². The minimum Gasteiger partial charge on any atom is -0.248 e. The molecule has 0 atom stereocenters. The number of alkyl halides is 1. The van der Waals surface area contributed by atoms with Gasteiger partial charge in [-0.15, -0.1) is 0 Å². The first-order valence-corrected chi connectivity index (χ1v) is 7.52. The van der Waals surface area contributed by atoms with Gasteiger partial charge in [-0.05, 0) is 5.56 Å². The number of rotatable bonds is 3. The van der Waals surface area contributed by atoms with Gasteiger partial charge in [-0.25, -0.2) is 9.67 Å². The summed E-state index contributed by atoms with van der Waals surface area (Å²) in [5.74, 6) is 1.64. The molecule has 100 valence electrons. The molecule has 0 saturated heterocycles. The Bertz CT molecular complexity index is 720. The zero-order valence-electron chi connectivity index (χ0n) is 11.1. The van der Waals surface area contributed by atoms with Crippen molar-refractivity contribution < 1.29 is 0 Å². The number of halogens is 1. The zero-order valence-corrected chi connectivity index (χ0v) is 12.7. The average Bonchev–Trinajstić information content (AvgIpc) is 2.90. The van der Waals surface area contributed by atoms with Crippen LogP contribution in [0.2, 0.25) is 0 Å². The van der Waals surface area contributed by atoms with Crippen LogP contribution in [-0.2, 0) is 12.4 Å². The molecule has 4 heteroatoms. The van der Waals surface area contributed by atoms with Crippen molar-refractivity contribution in [3.8, 4) is 22.8 Å². The Morgan fingerprint density at radius 1 is 1.00 bits per heavy atom. The van der Waals surface area contributed by atoms with Gasteiger partial charge >= 0.3 is 0 Å². The summed E-state index contributed by atoms with van der Waals surface area (Å²) in [5.41, 5.74) is 3.36. The van der Waals surface area contributed by atoms with Crippen LogP contribution in [0, 0.1) is 0 Å². The van der Waals surface area contributed by atoms with Crippen molar-refractivity contribution in [3.05, 3.63) is 60.2 Å². The van der Waals surface area contributed by atoms with Gasteiger partial charge in [0.15, 0.2) is 11.6 Å². The predicted molar refractivity (Wildman–Crippen MR) is 84.5 cm³/mol. The van der Waals surface area contributed by atoms with Crippen molar-refractivity contribution >= 4 is 15.9 Å². The maximum Gasteiger partial charge on any atom is 0.181 e. The first-order chi connectivity index (χ1) is 9.79. The summed E-state index contributed by atoms with van der Waals surface area (Å²) in [5, 5.41) is 5.33. The molecule has 0 spiro atoms. The second-order valence-electron chi connectivity index (χ2n) is 4.54. The Hall–Kier alpha value is -1.94. The Labute approximate surface area is 126 Å². The van der Waals surface area contributed by atoms with Gasteiger partial charge in [0.1, 0.15) is 0 Å². The molecule has 1 heterocycles. The molecule has 0 amide bonds. The van der Waals surface area contributed by atoms with E-state index in [9.17, 15) is 0 Å². The van der Waals surface area contributed by atoms with E-state index in [1.807, 2.05) is 54.2 Å². The van der Waals surface area contributed by atoms with E-state index in [4.69, 9.17) is 0 Å². The van der Waals surface area contributed by atoms with Gasteiger partial charge in [0, 0.05) is 23.5 Å². The van der Waals surface area contributed by atoms with Crippen molar-refractivity contribution in [3.63, 3.8) is 0 Å². The fourth-order valence-electron chi connectivity index (χ4n) is 2.18. The summed E-state index contributed by atoms with van der Waals surface area (Å²) >= 11 is 3.52. The summed E-state index contributed by atoms with van der Waals surface area (Å²) in [7, 11) is 1.93. The van der Waals surface area contributed by atoms with Crippen molar-refractivity contribution in [2.75, 3.05) is 0 Å². The van der Waals surface area contributed by atoms with Crippen LogP contribution >= 0.6 is 15.9 Å². The summed E-state index contributed by atoms with van der Waals surface area (Å²) < 4.78 is 1.84. The molecule has 0 aliphatic carbocycles. The molecule has 2 aromatic carbocycles. The quantitative estimate of drug-likeness (QED) is 0.679. The van der Waals surface area contributed by atoms with Crippen LogP contribution in [0.15, 0.2) is 54.6 Å². The number of hydrogen-bond acceptors (Lipinski definition) is 2. The van der Waals surface area contributed by atoms with Crippen LogP contribution in [0.5, 0.6) is 0 Å². The van der Waals surface area contributed by atoms with Gasteiger partial charge in [-0.3, -0.25) is 0 Å². The van der Waals surface area contributed by atoms with Crippen LogP contribution in [0.25, 0.3) is 22.8 Å². The van der Waals surface area contributed by atoms with Crippen molar-refractivity contribution in [2.45, 2.75) is 5.33 Å². The highest BCUT2D eigenvalue weighted by Gasteiger charge is 2.13. The van der Waals surface area contributed by atoms with E-state index < -0.39 is 0 Å². The molecule has 0 aliphatic heterocycles. The Morgan fingerprint density at radius 2 is 1.70 bits per heavy atom. The summed E-state index contributed by atoms with van der Waals surface area (Å²) in [6.07, 6.45) is 0. The summed E-state index contributed by atoms with van der Waals surface area (Å²) in [6, 6.07) is 18.3. The third-order valence-corrected chi connectivity index (χ3v) is 3.80. The fourth-order valence-corrected chi connectivity index (χ4v) is 2.67. The SMILES string of the molecule is Cn1nc(-c2ccccc2)nc1-c1ccccc1CBr. The standard InChI is InChI=1S/C16H14BrN3/c1-20-16(14-10-6-5-9-13(14)11-17)18-15(19-20)12-7-3-2-4-8-12/h2-10H,11H2,1H3. The molecule has 3 aromatic rings. The largest absolute Gasteiger partial charge is 0.248 e. The lowest BCUT2D eigenvalue weighted by Gasteiger charge is -2.05. The summed E-state index contributed by atoms with van der Waals surface area (Å²) in [4.78, 5) is 4.69. The van der Waals surface area contributed by atoms with Gasteiger partial charge in [-0.1, -0.05) is 70.5 Å². The molecule has 0 saturated carbocycles. The highest BCUT2D eigenvalue weighted by atomic mass is 79.9. The maximum absolute atomic E-state index is 4.69. The minimum atomic E-state index is 0.757. The Morgan fingerprint density at radius 3 is 2.45 bits per heavy atom. The van der Waals surface area contributed by atoms with Crippen LogP contribution in [0.4, 0.5) is 0 Å². The second kappa shape index (κ2) is 5.59. The number of hydrogen-bond donors (Lipinski definition) is 0. The van der Waals surface area contributed by atoms with Crippen LogP contribution in [0.3, 0.4) is 0 Å². The van der Waals surface area contributed by atoms with E-state index in [1.54, 1.807) is 0 Å². The second-order valence-corrected chi connectivity index (χ2v) is 5.10. The maximum atomic E-state index is 4.69. The molecular weight excluding hydrogens is 314 g/mol. The summed E-state index contributed by atoms with van der Waals surface area (Å²) in [6.45, 7) is 0. The predicted octanol–water partition coefficient (Wildman–Crippen LogP) is 4.04. The lowest BCUT2D eigenvalue weighted by Crippen LogP contribution is -1.96. The first kappa shape index (κ1) is 13.1. The molecule has 1 aromatic heterocycles. The van der Waals surface area contributed by atoms with Crippen LogP contribution in [-0.4, -0.2) is 14.8 Å². The van der Waals surface area contributed by atoms with E-state index in [0.29, 0.717) is 0 Å². The van der Waals surface area contributed by atoms with Crippen LogP contribution < -0.4 is 0 Å². The van der Waals surface area contributed by atoms with Gasteiger partial charge in [0.25, 0.3) is 0 Å². The van der Waals surface area contributed by atoms with E-state index in [-0.39, 0.29) is 0 Å². The van der Waals surface area contributed by atoms with E-state index in [1.165, 1.54) is 5.56 Å². The number of aryl methyl sites for hydroxylation is 1. The molecule has 3 rings (SSSR count). The van der Waals surface area contributed by atoms with Gasteiger partial charge in [0.05, 0.1) is 0 Å². The first-order valence-electron chi connectivity index (χ1n) is 6.40. The molecular formula is C16H14BrN3. The fraction of sp³-hybridized carbons (Fsp3) is 0.125. The number of aromatic nitrogens is 3. The molecule has 0 N–H and O–H groups in total. The van der Waals surface area contributed by atoms with Gasteiger partial charge in [0.2, 0.25) is 0 Å². The lowest BCUT2D eigenvalue weighted by molar-refractivity contribution is 0.776. The monoisotopic (exact) mass is 327 g/mol. The smallest absolute Gasteiger partial charge is 0.181 e. The molecule has 0 aliphatic rings. The van der Waals surface area contributed by atoms with Crippen molar-refractivity contribution in [1.29, 1.82) is 0 Å². The zero-order chi connectivity index (χ0) is 13.9. The van der Waals surface area contributed by atoms with Crippen molar-refractivity contribution in [2.24, 2.45) is 7.05 Å². The minimum absolute atomic E-state index is 0.757. The third-order valence-electron chi connectivity index (χ3n) is 3.20. The van der Waals surface area contributed by atoms with Gasteiger partial charge < -0.3 is 0 Å². The molecule has 20 heavy (non-hydrogen) atoms. The van der Waals surface area contributed by atoms with Gasteiger partial charge in [-0.2, -0.15) is 5.10 Å².